The minimum absolute atomic E-state index is 0.259. The summed E-state index contributed by atoms with van der Waals surface area (Å²) in [7, 11) is 0. The second-order valence-corrected chi connectivity index (χ2v) is 5.72. The standard InChI is InChI=1S/C21H21NO4/c1-4-24-18-11-10-15(13-19(18)25-5-2)12-17-21(23)26-20(22-17)16-9-7-6-8-14(16)3/h6-13H,4-5H2,1-3H3. The lowest BCUT2D eigenvalue weighted by atomic mass is 10.1. The fourth-order valence-electron chi connectivity index (χ4n) is 2.65. The number of aryl methyl sites for hydroxylation is 1. The van der Waals surface area contributed by atoms with Crippen LogP contribution in [0.15, 0.2) is 53.2 Å². The van der Waals surface area contributed by atoms with Crippen molar-refractivity contribution in [2.75, 3.05) is 13.2 Å². The van der Waals surface area contributed by atoms with E-state index in [1.807, 2.05) is 63.2 Å². The van der Waals surface area contributed by atoms with Crippen molar-refractivity contribution in [3.8, 4) is 11.5 Å². The predicted octanol–water partition coefficient (Wildman–Crippen LogP) is 4.14. The van der Waals surface area contributed by atoms with E-state index in [-0.39, 0.29) is 5.70 Å². The van der Waals surface area contributed by atoms with Gasteiger partial charge in [-0.05, 0) is 56.2 Å². The highest BCUT2D eigenvalue weighted by atomic mass is 16.6. The molecule has 0 bridgehead atoms. The van der Waals surface area contributed by atoms with Crippen LogP contribution in [0.3, 0.4) is 0 Å². The molecular weight excluding hydrogens is 330 g/mol. The average molecular weight is 351 g/mol. The molecule has 2 aromatic rings. The minimum atomic E-state index is -0.463. The summed E-state index contributed by atoms with van der Waals surface area (Å²) in [4.78, 5) is 16.6. The van der Waals surface area contributed by atoms with Crippen molar-refractivity contribution >= 4 is 17.9 Å². The Hall–Kier alpha value is -3.08. The molecule has 0 aliphatic carbocycles. The number of aliphatic imine (C=N–C) groups is 1. The Kier molecular flexibility index (Phi) is 5.37. The molecule has 0 saturated heterocycles. The molecule has 26 heavy (non-hydrogen) atoms. The molecule has 3 rings (SSSR count). The summed E-state index contributed by atoms with van der Waals surface area (Å²) < 4.78 is 16.5. The number of hydrogen-bond acceptors (Lipinski definition) is 5. The fourth-order valence-corrected chi connectivity index (χ4v) is 2.65. The molecule has 5 heteroatoms. The number of benzene rings is 2. The molecule has 134 valence electrons. The highest BCUT2D eigenvalue weighted by molar-refractivity contribution is 6.13. The topological polar surface area (TPSA) is 57.1 Å². The van der Waals surface area contributed by atoms with Crippen molar-refractivity contribution in [3.63, 3.8) is 0 Å². The van der Waals surface area contributed by atoms with Crippen LogP contribution < -0.4 is 9.47 Å². The first-order chi connectivity index (χ1) is 12.6. The monoisotopic (exact) mass is 351 g/mol. The number of hydrogen-bond donors (Lipinski definition) is 0. The largest absolute Gasteiger partial charge is 0.490 e. The Balaban J connectivity index is 1.93. The molecule has 2 aromatic carbocycles. The predicted molar refractivity (Wildman–Crippen MR) is 101 cm³/mol. The van der Waals surface area contributed by atoms with Crippen molar-refractivity contribution in [1.29, 1.82) is 0 Å². The van der Waals surface area contributed by atoms with E-state index in [0.717, 1.165) is 16.7 Å². The van der Waals surface area contributed by atoms with E-state index in [1.165, 1.54) is 0 Å². The van der Waals surface area contributed by atoms with Crippen LogP contribution in [0.5, 0.6) is 11.5 Å². The lowest BCUT2D eigenvalue weighted by Crippen LogP contribution is -2.06. The Morgan fingerprint density at radius 2 is 1.77 bits per heavy atom. The molecule has 0 unspecified atom stereocenters. The first kappa shape index (κ1) is 17.7. The van der Waals surface area contributed by atoms with E-state index < -0.39 is 5.97 Å². The zero-order valence-corrected chi connectivity index (χ0v) is 15.1. The summed E-state index contributed by atoms with van der Waals surface area (Å²) >= 11 is 0. The van der Waals surface area contributed by atoms with Gasteiger partial charge in [-0.3, -0.25) is 0 Å². The summed E-state index contributed by atoms with van der Waals surface area (Å²) in [5.74, 6) is 1.18. The smallest absolute Gasteiger partial charge is 0.363 e. The molecule has 1 aliphatic heterocycles. The van der Waals surface area contributed by atoms with E-state index in [0.29, 0.717) is 30.6 Å². The summed E-state index contributed by atoms with van der Waals surface area (Å²) in [5.41, 5.74) is 2.86. The van der Waals surface area contributed by atoms with E-state index in [2.05, 4.69) is 4.99 Å². The van der Waals surface area contributed by atoms with Crippen molar-refractivity contribution in [1.82, 2.24) is 0 Å². The van der Waals surface area contributed by atoms with Gasteiger partial charge in [0.15, 0.2) is 17.2 Å². The number of rotatable bonds is 6. The van der Waals surface area contributed by atoms with Gasteiger partial charge in [-0.2, -0.15) is 0 Å². The molecule has 0 amide bonds. The Bertz CT molecular complexity index is 883. The van der Waals surface area contributed by atoms with E-state index in [4.69, 9.17) is 14.2 Å². The Morgan fingerprint density at radius 3 is 2.50 bits per heavy atom. The molecule has 1 aliphatic rings. The van der Waals surface area contributed by atoms with E-state index in [1.54, 1.807) is 6.08 Å². The van der Waals surface area contributed by atoms with Crippen LogP contribution in [0.25, 0.3) is 6.08 Å². The third kappa shape index (κ3) is 3.77. The first-order valence-corrected chi connectivity index (χ1v) is 8.60. The lowest BCUT2D eigenvalue weighted by Gasteiger charge is -2.11. The van der Waals surface area contributed by atoms with Gasteiger partial charge < -0.3 is 14.2 Å². The molecule has 5 nitrogen and oxygen atoms in total. The molecule has 0 saturated carbocycles. The van der Waals surface area contributed by atoms with Crippen LogP contribution in [-0.4, -0.2) is 25.1 Å². The van der Waals surface area contributed by atoms with Crippen LogP contribution in [0.1, 0.15) is 30.5 Å². The van der Waals surface area contributed by atoms with Gasteiger partial charge in [-0.25, -0.2) is 9.79 Å². The van der Waals surface area contributed by atoms with Gasteiger partial charge in [-0.1, -0.05) is 24.3 Å². The summed E-state index contributed by atoms with van der Waals surface area (Å²) in [6, 6.07) is 13.2. The SMILES string of the molecule is CCOc1ccc(C=C2N=C(c3ccccc3C)OC2=O)cc1OCC. The second-order valence-electron chi connectivity index (χ2n) is 5.72. The van der Waals surface area contributed by atoms with E-state index in [9.17, 15) is 4.79 Å². The average Bonchev–Trinajstić information content (AvgIpc) is 2.98. The van der Waals surface area contributed by atoms with Crippen LogP contribution in [0.2, 0.25) is 0 Å². The van der Waals surface area contributed by atoms with Crippen LogP contribution in [0.4, 0.5) is 0 Å². The zero-order chi connectivity index (χ0) is 18.5. The lowest BCUT2D eigenvalue weighted by molar-refractivity contribution is -0.129. The maximum atomic E-state index is 12.2. The maximum Gasteiger partial charge on any atom is 0.363 e. The van der Waals surface area contributed by atoms with Gasteiger partial charge in [-0.15, -0.1) is 0 Å². The molecule has 0 N–H and O–H groups in total. The molecule has 0 fully saturated rings. The van der Waals surface area contributed by atoms with Crippen LogP contribution in [0, 0.1) is 6.92 Å². The van der Waals surface area contributed by atoms with Crippen molar-refractivity contribution in [2.45, 2.75) is 20.8 Å². The highest BCUT2D eigenvalue weighted by Crippen LogP contribution is 2.30. The molecule has 1 heterocycles. The summed E-state index contributed by atoms with van der Waals surface area (Å²) in [6.07, 6.45) is 1.69. The van der Waals surface area contributed by atoms with Gasteiger partial charge in [0.25, 0.3) is 0 Å². The number of carbonyl (C=O) groups is 1. The maximum absolute atomic E-state index is 12.2. The third-order valence-electron chi connectivity index (χ3n) is 3.87. The first-order valence-electron chi connectivity index (χ1n) is 8.60. The fraction of sp³-hybridized carbons (Fsp3) is 0.238. The Labute approximate surface area is 152 Å². The number of cyclic esters (lactones) is 1. The summed E-state index contributed by atoms with van der Waals surface area (Å²) in [6.45, 7) is 6.86. The van der Waals surface area contributed by atoms with Crippen molar-refractivity contribution in [3.05, 3.63) is 64.9 Å². The normalized spacial score (nSPS) is 15.0. The summed E-state index contributed by atoms with van der Waals surface area (Å²) in [5, 5.41) is 0. The van der Waals surface area contributed by atoms with Gasteiger partial charge in [0.1, 0.15) is 0 Å². The van der Waals surface area contributed by atoms with Gasteiger partial charge in [0.05, 0.1) is 13.2 Å². The highest BCUT2D eigenvalue weighted by Gasteiger charge is 2.25. The molecular formula is C21H21NO4. The number of esters is 1. The molecule has 0 atom stereocenters. The second kappa shape index (κ2) is 7.87. The quantitative estimate of drug-likeness (QED) is 0.580. The molecule has 0 aromatic heterocycles. The third-order valence-corrected chi connectivity index (χ3v) is 3.87. The minimum Gasteiger partial charge on any atom is -0.490 e. The van der Waals surface area contributed by atoms with Crippen molar-refractivity contribution in [2.24, 2.45) is 4.99 Å². The van der Waals surface area contributed by atoms with Crippen LogP contribution in [-0.2, 0) is 9.53 Å². The number of nitrogens with zero attached hydrogens (tertiary/aromatic N) is 1. The van der Waals surface area contributed by atoms with Crippen molar-refractivity contribution < 1.29 is 19.0 Å². The molecule has 0 spiro atoms. The van der Waals surface area contributed by atoms with E-state index >= 15 is 0 Å². The van der Waals surface area contributed by atoms with Gasteiger partial charge in [0.2, 0.25) is 5.90 Å². The zero-order valence-electron chi connectivity index (χ0n) is 15.1. The number of ether oxygens (including phenoxy) is 3. The van der Waals surface area contributed by atoms with Crippen LogP contribution >= 0.6 is 0 Å². The Morgan fingerprint density at radius 1 is 1.04 bits per heavy atom. The van der Waals surface area contributed by atoms with Gasteiger partial charge >= 0.3 is 5.97 Å². The molecule has 0 radical (unpaired) electrons. The van der Waals surface area contributed by atoms with Gasteiger partial charge in [0, 0.05) is 5.56 Å². The number of carbonyl (C=O) groups excluding carboxylic acids is 1.